The summed E-state index contributed by atoms with van der Waals surface area (Å²) in [5, 5.41) is 2.39. The molecule has 0 aromatic rings. The Bertz CT molecular complexity index is 320. The molecule has 0 unspecified atom stereocenters. The van der Waals surface area contributed by atoms with E-state index in [9.17, 15) is 14.4 Å². The van der Waals surface area contributed by atoms with E-state index in [4.69, 9.17) is 9.47 Å². The Morgan fingerprint density at radius 2 is 1.42 bits per heavy atom. The lowest BCUT2D eigenvalue weighted by Gasteiger charge is -2.24. The Hall–Kier alpha value is -1.59. The quantitative estimate of drug-likeness (QED) is 0.553. The summed E-state index contributed by atoms with van der Waals surface area (Å²) in [6.07, 6.45) is 0.581. The minimum absolute atomic E-state index is 0.127. The molecule has 6 nitrogen and oxygen atoms in total. The van der Waals surface area contributed by atoms with Gasteiger partial charge in [-0.1, -0.05) is 20.8 Å². The zero-order valence-corrected chi connectivity index (χ0v) is 12.2. The summed E-state index contributed by atoms with van der Waals surface area (Å²) in [6, 6.07) is -1.40. The number of nitrogens with one attached hydrogen (secondary N) is 1. The van der Waals surface area contributed by atoms with Gasteiger partial charge < -0.3 is 14.8 Å². The third kappa shape index (κ3) is 5.28. The molecule has 0 spiro atoms. The Labute approximate surface area is 113 Å². The maximum atomic E-state index is 12.0. The van der Waals surface area contributed by atoms with Crippen molar-refractivity contribution in [1.82, 2.24) is 5.32 Å². The van der Waals surface area contributed by atoms with Crippen molar-refractivity contribution in [3.8, 4) is 0 Å². The van der Waals surface area contributed by atoms with Crippen molar-refractivity contribution in [2.75, 3.05) is 13.2 Å². The van der Waals surface area contributed by atoms with Crippen molar-refractivity contribution in [1.29, 1.82) is 0 Å². The molecular formula is C13H23NO5. The second-order valence-corrected chi connectivity index (χ2v) is 4.65. The van der Waals surface area contributed by atoms with E-state index in [2.05, 4.69) is 5.32 Å². The Kier molecular flexibility index (Phi) is 7.11. The molecule has 1 amide bonds. The molecule has 1 N–H and O–H groups in total. The molecule has 0 fully saturated rings. The van der Waals surface area contributed by atoms with Crippen molar-refractivity contribution < 1.29 is 23.9 Å². The number of carbonyl (C=O) groups is 3. The van der Waals surface area contributed by atoms with Gasteiger partial charge in [0.25, 0.3) is 0 Å². The Balaban J connectivity index is 4.91. The van der Waals surface area contributed by atoms with Crippen LogP contribution in [0, 0.1) is 5.41 Å². The molecule has 110 valence electrons. The van der Waals surface area contributed by atoms with Gasteiger partial charge >= 0.3 is 11.9 Å². The van der Waals surface area contributed by atoms with E-state index in [1.807, 2.05) is 6.92 Å². The number of amides is 1. The van der Waals surface area contributed by atoms with Gasteiger partial charge in [-0.3, -0.25) is 4.79 Å². The van der Waals surface area contributed by atoms with E-state index in [0.717, 1.165) is 0 Å². The van der Waals surface area contributed by atoms with Crippen molar-refractivity contribution in [3.05, 3.63) is 0 Å². The summed E-state index contributed by atoms with van der Waals surface area (Å²) in [6.45, 7) is 8.81. The van der Waals surface area contributed by atoms with Crippen LogP contribution in [0.2, 0.25) is 0 Å². The molecule has 0 aliphatic heterocycles. The summed E-state index contributed by atoms with van der Waals surface area (Å²) < 4.78 is 9.53. The average Bonchev–Trinajstić information content (AvgIpc) is 2.35. The first-order valence-electron chi connectivity index (χ1n) is 6.44. The Morgan fingerprint density at radius 1 is 1.00 bits per heavy atom. The maximum absolute atomic E-state index is 12.0. The lowest BCUT2D eigenvalue weighted by atomic mass is 9.89. The van der Waals surface area contributed by atoms with Crippen LogP contribution in [0.5, 0.6) is 0 Å². The third-order valence-corrected chi connectivity index (χ3v) is 2.82. The second-order valence-electron chi connectivity index (χ2n) is 4.65. The van der Waals surface area contributed by atoms with Gasteiger partial charge in [0.1, 0.15) is 0 Å². The van der Waals surface area contributed by atoms with E-state index in [0.29, 0.717) is 6.42 Å². The number of carbonyl (C=O) groups excluding carboxylic acids is 3. The first kappa shape index (κ1) is 17.4. The lowest BCUT2D eigenvalue weighted by molar-refractivity contribution is -0.160. The molecule has 0 rings (SSSR count). The van der Waals surface area contributed by atoms with Gasteiger partial charge in [0.2, 0.25) is 11.9 Å². The van der Waals surface area contributed by atoms with Gasteiger partial charge in [0.05, 0.1) is 13.2 Å². The molecule has 0 heterocycles. The molecular weight excluding hydrogens is 250 g/mol. The fourth-order valence-corrected chi connectivity index (χ4v) is 1.15. The van der Waals surface area contributed by atoms with Crippen LogP contribution in [-0.2, 0) is 23.9 Å². The largest absolute Gasteiger partial charge is 0.464 e. The Morgan fingerprint density at radius 3 is 1.74 bits per heavy atom. The zero-order valence-electron chi connectivity index (χ0n) is 12.2. The van der Waals surface area contributed by atoms with Gasteiger partial charge in [-0.25, -0.2) is 9.59 Å². The van der Waals surface area contributed by atoms with Crippen LogP contribution in [0.3, 0.4) is 0 Å². The van der Waals surface area contributed by atoms with Crippen LogP contribution < -0.4 is 5.32 Å². The number of hydrogen-bond acceptors (Lipinski definition) is 5. The highest BCUT2D eigenvalue weighted by Gasteiger charge is 2.35. The predicted octanol–water partition coefficient (Wildman–Crippen LogP) is 1.03. The molecule has 0 saturated carbocycles. The van der Waals surface area contributed by atoms with Crippen LogP contribution >= 0.6 is 0 Å². The van der Waals surface area contributed by atoms with Crippen LogP contribution in [-0.4, -0.2) is 37.1 Å². The van der Waals surface area contributed by atoms with Gasteiger partial charge in [0.15, 0.2) is 0 Å². The van der Waals surface area contributed by atoms with Gasteiger partial charge in [0, 0.05) is 5.41 Å². The summed E-state index contributed by atoms with van der Waals surface area (Å²) in [5.74, 6) is -2.00. The number of esters is 2. The molecule has 0 aliphatic carbocycles. The lowest BCUT2D eigenvalue weighted by Crippen LogP contribution is -2.51. The smallest absolute Gasteiger partial charge is 0.340 e. The van der Waals surface area contributed by atoms with Crippen molar-refractivity contribution in [2.24, 2.45) is 5.41 Å². The number of rotatable bonds is 7. The predicted molar refractivity (Wildman–Crippen MR) is 69.3 cm³/mol. The summed E-state index contributed by atoms with van der Waals surface area (Å²) in [5.41, 5.74) is -0.669. The minimum atomic E-state index is -1.40. The second kappa shape index (κ2) is 7.76. The molecule has 0 aromatic heterocycles. The molecule has 0 aromatic carbocycles. The number of ether oxygens (including phenoxy) is 2. The van der Waals surface area contributed by atoms with Crippen molar-refractivity contribution >= 4 is 17.8 Å². The average molecular weight is 273 g/mol. The van der Waals surface area contributed by atoms with Crippen molar-refractivity contribution in [3.63, 3.8) is 0 Å². The van der Waals surface area contributed by atoms with Gasteiger partial charge in [-0.15, -0.1) is 0 Å². The first-order chi connectivity index (χ1) is 8.80. The van der Waals surface area contributed by atoms with E-state index in [1.165, 1.54) is 0 Å². The molecule has 19 heavy (non-hydrogen) atoms. The van der Waals surface area contributed by atoms with Gasteiger partial charge in [-0.05, 0) is 20.3 Å². The molecule has 0 radical (unpaired) electrons. The van der Waals surface area contributed by atoms with Crippen molar-refractivity contribution in [2.45, 2.75) is 47.1 Å². The van der Waals surface area contributed by atoms with E-state index in [-0.39, 0.29) is 19.1 Å². The monoisotopic (exact) mass is 273 g/mol. The fraction of sp³-hybridized carbons (Fsp3) is 0.769. The van der Waals surface area contributed by atoms with E-state index < -0.39 is 23.4 Å². The molecule has 6 heteroatoms. The highest BCUT2D eigenvalue weighted by molar-refractivity contribution is 6.03. The first-order valence-corrected chi connectivity index (χ1v) is 6.44. The van der Waals surface area contributed by atoms with Crippen LogP contribution in [0.4, 0.5) is 0 Å². The highest BCUT2D eigenvalue weighted by atomic mass is 16.6. The van der Waals surface area contributed by atoms with E-state index >= 15 is 0 Å². The minimum Gasteiger partial charge on any atom is -0.464 e. The zero-order chi connectivity index (χ0) is 15.1. The molecule has 0 aliphatic rings. The SMILES string of the molecule is CCOC(=O)C(NC(=O)C(C)(C)CC)C(=O)OCC. The fourth-order valence-electron chi connectivity index (χ4n) is 1.15. The summed E-state index contributed by atoms with van der Waals surface area (Å²) in [7, 11) is 0. The maximum Gasteiger partial charge on any atom is 0.340 e. The summed E-state index contributed by atoms with van der Waals surface area (Å²) in [4.78, 5) is 35.3. The van der Waals surface area contributed by atoms with Crippen LogP contribution in [0.1, 0.15) is 41.0 Å². The molecule has 0 saturated heterocycles. The van der Waals surface area contributed by atoms with Crippen LogP contribution in [0.25, 0.3) is 0 Å². The van der Waals surface area contributed by atoms with Crippen LogP contribution in [0.15, 0.2) is 0 Å². The normalized spacial score (nSPS) is 11.1. The number of hydrogen-bond donors (Lipinski definition) is 1. The highest BCUT2D eigenvalue weighted by Crippen LogP contribution is 2.19. The summed E-state index contributed by atoms with van der Waals surface area (Å²) >= 11 is 0. The van der Waals surface area contributed by atoms with E-state index in [1.54, 1.807) is 27.7 Å². The topological polar surface area (TPSA) is 81.7 Å². The van der Waals surface area contributed by atoms with Gasteiger partial charge in [-0.2, -0.15) is 0 Å². The third-order valence-electron chi connectivity index (χ3n) is 2.82. The molecule has 0 atom stereocenters. The standard InChI is InChI=1S/C13H23NO5/c1-6-13(4,5)12(17)14-9(10(15)18-7-2)11(16)19-8-3/h9H,6-8H2,1-5H3,(H,14,17). The molecule has 0 bridgehead atoms.